The second kappa shape index (κ2) is 9.19. The molecule has 3 N–H and O–H groups in total. The molecule has 6 nitrogen and oxygen atoms in total. The molecule has 2 aromatic rings. The SMILES string of the molecule is CCCNCCNC(=O)c1ccc(S(=O)(=O)Nc2ccccc2)cc1. The van der Waals surface area contributed by atoms with Crippen molar-refractivity contribution in [1.82, 2.24) is 10.6 Å². The van der Waals surface area contributed by atoms with Crippen LogP contribution >= 0.6 is 0 Å². The van der Waals surface area contributed by atoms with Crippen LogP contribution in [0.4, 0.5) is 5.69 Å². The Bertz CT molecular complexity index is 775. The van der Waals surface area contributed by atoms with Gasteiger partial charge >= 0.3 is 0 Å². The third-order valence-corrected chi connectivity index (χ3v) is 4.86. The Morgan fingerprint density at radius 1 is 0.920 bits per heavy atom. The highest BCUT2D eigenvalue weighted by atomic mass is 32.2. The molecule has 2 aromatic carbocycles. The van der Waals surface area contributed by atoms with Crippen molar-refractivity contribution in [3.8, 4) is 0 Å². The first-order valence-electron chi connectivity index (χ1n) is 8.20. The molecule has 0 bridgehead atoms. The molecule has 0 spiro atoms. The van der Waals surface area contributed by atoms with Crippen molar-refractivity contribution in [2.45, 2.75) is 18.2 Å². The fraction of sp³-hybridized carbons (Fsp3) is 0.278. The molecule has 0 aliphatic rings. The molecule has 7 heteroatoms. The molecule has 25 heavy (non-hydrogen) atoms. The lowest BCUT2D eigenvalue weighted by atomic mass is 10.2. The van der Waals surface area contributed by atoms with Crippen molar-refractivity contribution in [3.05, 3.63) is 60.2 Å². The van der Waals surface area contributed by atoms with Crippen LogP contribution in [0.1, 0.15) is 23.7 Å². The zero-order valence-corrected chi connectivity index (χ0v) is 15.0. The number of hydrogen-bond acceptors (Lipinski definition) is 4. The van der Waals surface area contributed by atoms with Crippen LogP contribution in [-0.2, 0) is 10.0 Å². The molecule has 2 rings (SSSR count). The van der Waals surface area contributed by atoms with Crippen LogP contribution < -0.4 is 15.4 Å². The van der Waals surface area contributed by atoms with E-state index in [1.807, 2.05) is 6.07 Å². The van der Waals surface area contributed by atoms with Crippen LogP contribution in [0.2, 0.25) is 0 Å². The molecular formula is C18H23N3O3S. The molecule has 0 saturated heterocycles. The van der Waals surface area contributed by atoms with Gasteiger partial charge in [0.15, 0.2) is 0 Å². The molecule has 0 atom stereocenters. The van der Waals surface area contributed by atoms with Crippen LogP contribution in [0.15, 0.2) is 59.5 Å². The number of hydrogen-bond donors (Lipinski definition) is 3. The van der Waals surface area contributed by atoms with E-state index in [1.165, 1.54) is 24.3 Å². The fourth-order valence-electron chi connectivity index (χ4n) is 2.17. The van der Waals surface area contributed by atoms with Gasteiger partial charge in [-0.05, 0) is 49.4 Å². The molecular weight excluding hydrogens is 338 g/mol. The highest BCUT2D eigenvalue weighted by Gasteiger charge is 2.15. The number of sulfonamides is 1. The van der Waals surface area contributed by atoms with Gasteiger partial charge in [0.2, 0.25) is 0 Å². The van der Waals surface area contributed by atoms with Crippen LogP contribution in [0.3, 0.4) is 0 Å². The first kappa shape index (κ1) is 19.0. The van der Waals surface area contributed by atoms with Gasteiger partial charge in [-0.1, -0.05) is 25.1 Å². The Morgan fingerprint density at radius 3 is 2.24 bits per heavy atom. The summed E-state index contributed by atoms with van der Waals surface area (Å²) in [5.74, 6) is -0.224. The summed E-state index contributed by atoms with van der Waals surface area (Å²) in [7, 11) is -3.67. The van der Waals surface area contributed by atoms with Crippen molar-refractivity contribution >= 4 is 21.6 Å². The number of benzene rings is 2. The molecule has 0 radical (unpaired) electrons. The number of anilines is 1. The van der Waals surface area contributed by atoms with E-state index >= 15 is 0 Å². The van der Waals surface area contributed by atoms with Crippen LogP contribution in [0.25, 0.3) is 0 Å². The first-order valence-corrected chi connectivity index (χ1v) is 9.68. The zero-order chi connectivity index (χ0) is 18.1. The summed E-state index contributed by atoms with van der Waals surface area (Å²) in [6.45, 7) is 4.21. The topological polar surface area (TPSA) is 87.3 Å². The van der Waals surface area contributed by atoms with E-state index in [0.717, 1.165) is 13.0 Å². The smallest absolute Gasteiger partial charge is 0.261 e. The molecule has 0 unspecified atom stereocenters. The number of carbonyl (C=O) groups is 1. The van der Waals surface area contributed by atoms with E-state index in [9.17, 15) is 13.2 Å². The predicted molar refractivity (Wildman–Crippen MR) is 99.2 cm³/mol. The molecule has 0 saturated carbocycles. The summed E-state index contributed by atoms with van der Waals surface area (Å²) in [6.07, 6.45) is 1.04. The van der Waals surface area contributed by atoms with Crippen molar-refractivity contribution in [2.24, 2.45) is 0 Å². The number of nitrogens with one attached hydrogen (secondary N) is 3. The van der Waals surface area contributed by atoms with E-state index in [0.29, 0.717) is 24.3 Å². The minimum absolute atomic E-state index is 0.109. The Hall–Kier alpha value is -2.38. The molecule has 0 aliphatic carbocycles. The van der Waals surface area contributed by atoms with Crippen molar-refractivity contribution in [2.75, 3.05) is 24.4 Å². The zero-order valence-electron chi connectivity index (χ0n) is 14.2. The number of amides is 1. The van der Waals surface area contributed by atoms with E-state index < -0.39 is 10.0 Å². The van der Waals surface area contributed by atoms with Gasteiger partial charge in [-0.3, -0.25) is 9.52 Å². The third kappa shape index (κ3) is 5.88. The van der Waals surface area contributed by atoms with Crippen molar-refractivity contribution in [3.63, 3.8) is 0 Å². The normalized spacial score (nSPS) is 11.1. The number of rotatable bonds is 9. The highest BCUT2D eigenvalue weighted by Crippen LogP contribution is 2.16. The van der Waals surface area contributed by atoms with Crippen molar-refractivity contribution in [1.29, 1.82) is 0 Å². The number of carbonyl (C=O) groups excluding carboxylic acids is 1. The maximum absolute atomic E-state index is 12.3. The second-order valence-electron chi connectivity index (χ2n) is 5.50. The second-order valence-corrected chi connectivity index (χ2v) is 7.18. The summed E-state index contributed by atoms with van der Waals surface area (Å²) < 4.78 is 27.2. The van der Waals surface area contributed by atoms with Gasteiger partial charge in [0.1, 0.15) is 0 Å². The number of para-hydroxylation sites is 1. The van der Waals surface area contributed by atoms with Crippen LogP contribution in [0, 0.1) is 0 Å². The minimum atomic E-state index is -3.67. The van der Waals surface area contributed by atoms with E-state index in [1.54, 1.807) is 24.3 Å². The minimum Gasteiger partial charge on any atom is -0.351 e. The molecule has 0 heterocycles. The Balaban J connectivity index is 1.95. The summed E-state index contributed by atoms with van der Waals surface area (Å²) in [4.78, 5) is 12.1. The quantitative estimate of drug-likeness (QED) is 0.598. The van der Waals surface area contributed by atoms with Crippen LogP contribution in [-0.4, -0.2) is 34.0 Å². The Morgan fingerprint density at radius 2 is 1.60 bits per heavy atom. The summed E-state index contributed by atoms with van der Waals surface area (Å²) >= 11 is 0. The molecule has 1 amide bonds. The monoisotopic (exact) mass is 361 g/mol. The first-order chi connectivity index (χ1) is 12.0. The maximum atomic E-state index is 12.3. The lowest BCUT2D eigenvalue weighted by molar-refractivity contribution is 0.0954. The predicted octanol–water partition coefficient (Wildman–Crippen LogP) is 2.22. The molecule has 134 valence electrons. The van der Waals surface area contributed by atoms with Gasteiger partial charge < -0.3 is 10.6 Å². The van der Waals surface area contributed by atoms with Gasteiger partial charge in [-0.15, -0.1) is 0 Å². The average molecular weight is 361 g/mol. The van der Waals surface area contributed by atoms with E-state index in [2.05, 4.69) is 22.3 Å². The Kier molecular flexibility index (Phi) is 6.97. The van der Waals surface area contributed by atoms with E-state index in [4.69, 9.17) is 0 Å². The molecule has 0 aliphatic heterocycles. The highest BCUT2D eigenvalue weighted by molar-refractivity contribution is 7.92. The van der Waals surface area contributed by atoms with Gasteiger partial charge in [-0.2, -0.15) is 0 Å². The summed E-state index contributed by atoms with van der Waals surface area (Å²) in [6, 6.07) is 14.5. The molecule has 0 aromatic heterocycles. The van der Waals surface area contributed by atoms with Crippen LogP contribution in [0.5, 0.6) is 0 Å². The lowest BCUT2D eigenvalue weighted by Crippen LogP contribution is -2.32. The summed E-state index contributed by atoms with van der Waals surface area (Å²) in [5, 5.41) is 5.98. The van der Waals surface area contributed by atoms with Gasteiger partial charge in [0.25, 0.3) is 15.9 Å². The van der Waals surface area contributed by atoms with Gasteiger partial charge in [0, 0.05) is 24.3 Å². The largest absolute Gasteiger partial charge is 0.351 e. The van der Waals surface area contributed by atoms with Crippen molar-refractivity contribution < 1.29 is 13.2 Å². The Labute approximate surface area is 148 Å². The lowest BCUT2D eigenvalue weighted by Gasteiger charge is -2.09. The fourth-order valence-corrected chi connectivity index (χ4v) is 3.23. The third-order valence-electron chi connectivity index (χ3n) is 3.47. The standard InChI is InChI=1S/C18H23N3O3S/c1-2-12-19-13-14-20-18(22)15-8-10-17(11-9-15)25(23,24)21-16-6-4-3-5-7-16/h3-11,19,21H,2,12-14H2,1H3,(H,20,22). The van der Waals surface area contributed by atoms with Gasteiger partial charge in [0.05, 0.1) is 4.90 Å². The molecule has 0 fully saturated rings. The summed E-state index contributed by atoms with van der Waals surface area (Å²) in [5.41, 5.74) is 0.915. The van der Waals surface area contributed by atoms with E-state index in [-0.39, 0.29) is 10.8 Å². The maximum Gasteiger partial charge on any atom is 0.261 e. The average Bonchev–Trinajstić information content (AvgIpc) is 2.62. The van der Waals surface area contributed by atoms with Gasteiger partial charge in [-0.25, -0.2) is 8.42 Å².